The van der Waals surface area contributed by atoms with Crippen molar-refractivity contribution < 1.29 is 18.7 Å². The maximum absolute atomic E-state index is 13.6. The Balaban J connectivity index is 1.71. The Labute approximate surface area is 199 Å². The molecule has 0 saturated carbocycles. The van der Waals surface area contributed by atoms with Gasteiger partial charge in [0.1, 0.15) is 11.3 Å². The Morgan fingerprint density at radius 3 is 2.56 bits per heavy atom. The molecule has 0 N–H and O–H groups in total. The number of amides is 1. The van der Waals surface area contributed by atoms with Crippen molar-refractivity contribution >= 4 is 39.1 Å². The highest BCUT2D eigenvalue weighted by Gasteiger charge is 2.45. The van der Waals surface area contributed by atoms with Crippen LogP contribution in [0.15, 0.2) is 57.7 Å². The number of fused-ring (bicyclic) bond motifs is 2. The number of carbonyl (C=O) groups excluding carboxylic acids is 2. The van der Waals surface area contributed by atoms with Gasteiger partial charge in [-0.25, -0.2) is 4.98 Å². The predicted molar refractivity (Wildman–Crippen MR) is 130 cm³/mol. The Morgan fingerprint density at radius 1 is 1.15 bits per heavy atom. The first-order valence-corrected chi connectivity index (χ1v) is 11.8. The lowest BCUT2D eigenvalue weighted by molar-refractivity contribution is 0.0969. The molecule has 0 aliphatic carbocycles. The molecule has 34 heavy (non-hydrogen) atoms. The molecule has 0 radical (unpaired) electrons. The number of anilines is 1. The molecule has 3 heterocycles. The molecule has 5 rings (SSSR count). The minimum absolute atomic E-state index is 0.00256. The van der Waals surface area contributed by atoms with Crippen LogP contribution in [0, 0.1) is 6.92 Å². The van der Waals surface area contributed by atoms with Gasteiger partial charge in [-0.1, -0.05) is 42.5 Å². The van der Waals surface area contributed by atoms with Crippen LogP contribution in [0.4, 0.5) is 5.13 Å². The SMILES string of the molecule is CCCOc1ccc(C2c3c(oc4ccccc4c3=O)C(=O)N2c2nc(C)c(C(C)=O)s2)cc1. The molecular weight excluding hydrogens is 452 g/mol. The average Bonchev–Trinajstić information content (AvgIpc) is 3.36. The number of hydrogen-bond donors (Lipinski definition) is 0. The van der Waals surface area contributed by atoms with E-state index in [9.17, 15) is 14.4 Å². The minimum atomic E-state index is -0.742. The summed E-state index contributed by atoms with van der Waals surface area (Å²) in [5.41, 5.74) is 1.62. The van der Waals surface area contributed by atoms with Crippen LogP contribution in [0.25, 0.3) is 11.0 Å². The lowest BCUT2D eigenvalue weighted by atomic mass is 9.98. The summed E-state index contributed by atoms with van der Waals surface area (Å²) in [6.45, 7) is 5.83. The maximum Gasteiger partial charge on any atom is 0.297 e. The molecular formula is C26H22N2O5S. The van der Waals surface area contributed by atoms with E-state index in [1.807, 2.05) is 31.2 Å². The van der Waals surface area contributed by atoms with Crippen LogP contribution in [0.3, 0.4) is 0 Å². The van der Waals surface area contributed by atoms with Crippen molar-refractivity contribution in [3.63, 3.8) is 0 Å². The third kappa shape index (κ3) is 3.51. The molecule has 8 heteroatoms. The van der Waals surface area contributed by atoms with Crippen LogP contribution in [-0.4, -0.2) is 23.3 Å². The van der Waals surface area contributed by atoms with Crippen LogP contribution in [0.1, 0.15) is 63.4 Å². The Morgan fingerprint density at radius 2 is 1.88 bits per heavy atom. The van der Waals surface area contributed by atoms with Crippen LogP contribution < -0.4 is 15.1 Å². The minimum Gasteiger partial charge on any atom is -0.494 e. The number of carbonyl (C=O) groups is 2. The van der Waals surface area contributed by atoms with E-state index in [0.717, 1.165) is 23.3 Å². The van der Waals surface area contributed by atoms with Gasteiger partial charge in [0, 0.05) is 6.92 Å². The summed E-state index contributed by atoms with van der Waals surface area (Å²) in [7, 11) is 0. The van der Waals surface area contributed by atoms with Gasteiger partial charge < -0.3 is 9.15 Å². The van der Waals surface area contributed by atoms with Gasteiger partial charge in [-0.15, -0.1) is 0 Å². The Kier molecular flexibility index (Phi) is 5.53. The normalized spacial score (nSPS) is 15.1. The number of aromatic nitrogens is 1. The maximum atomic E-state index is 13.6. The third-order valence-corrected chi connectivity index (χ3v) is 7.02. The largest absolute Gasteiger partial charge is 0.494 e. The summed E-state index contributed by atoms with van der Waals surface area (Å²) in [5, 5.41) is 0.752. The molecule has 1 atom stereocenters. The van der Waals surface area contributed by atoms with Crippen LogP contribution in [0.2, 0.25) is 0 Å². The first-order chi connectivity index (χ1) is 16.4. The number of Topliss-reactive ketones (excluding diaryl/α,β-unsaturated/α-hetero) is 1. The average molecular weight is 475 g/mol. The van der Waals surface area contributed by atoms with Crippen molar-refractivity contribution in [2.45, 2.75) is 33.2 Å². The molecule has 0 saturated heterocycles. The van der Waals surface area contributed by atoms with Crippen molar-refractivity contribution in [2.24, 2.45) is 0 Å². The molecule has 4 aromatic rings. The van der Waals surface area contributed by atoms with Gasteiger partial charge >= 0.3 is 0 Å². The van der Waals surface area contributed by atoms with Gasteiger partial charge in [-0.05, 0) is 43.2 Å². The highest BCUT2D eigenvalue weighted by Crippen LogP contribution is 2.43. The molecule has 1 aliphatic rings. The van der Waals surface area contributed by atoms with E-state index in [0.29, 0.717) is 39.0 Å². The summed E-state index contributed by atoms with van der Waals surface area (Å²) < 4.78 is 11.6. The number of thiazole rings is 1. The Hall–Kier alpha value is -3.78. The second-order valence-electron chi connectivity index (χ2n) is 8.13. The van der Waals surface area contributed by atoms with Gasteiger partial charge in [-0.3, -0.25) is 19.3 Å². The van der Waals surface area contributed by atoms with Crippen molar-refractivity contribution in [3.05, 3.63) is 86.2 Å². The fourth-order valence-electron chi connectivity index (χ4n) is 4.21. The first kappa shape index (κ1) is 22.0. The lowest BCUT2D eigenvalue weighted by Crippen LogP contribution is -2.29. The zero-order valence-electron chi connectivity index (χ0n) is 19.0. The zero-order valence-corrected chi connectivity index (χ0v) is 19.8. The van der Waals surface area contributed by atoms with Crippen molar-refractivity contribution in [1.82, 2.24) is 4.98 Å². The molecule has 0 fully saturated rings. The summed E-state index contributed by atoms with van der Waals surface area (Å²) in [6, 6.07) is 13.5. The van der Waals surface area contributed by atoms with E-state index in [1.165, 1.54) is 11.8 Å². The highest BCUT2D eigenvalue weighted by molar-refractivity contribution is 7.17. The summed E-state index contributed by atoms with van der Waals surface area (Å²) in [4.78, 5) is 45.7. The number of hydrogen-bond acceptors (Lipinski definition) is 7. The van der Waals surface area contributed by atoms with Crippen molar-refractivity contribution in [2.75, 3.05) is 11.5 Å². The van der Waals surface area contributed by atoms with Gasteiger partial charge in [0.15, 0.2) is 16.3 Å². The fraction of sp³-hybridized carbons (Fsp3) is 0.231. The van der Waals surface area contributed by atoms with Gasteiger partial charge in [0.2, 0.25) is 5.76 Å². The molecule has 0 bridgehead atoms. The quantitative estimate of drug-likeness (QED) is 0.352. The molecule has 2 aromatic heterocycles. The van der Waals surface area contributed by atoms with E-state index >= 15 is 0 Å². The van der Waals surface area contributed by atoms with Gasteiger partial charge in [0.05, 0.1) is 34.2 Å². The molecule has 172 valence electrons. The number of benzene rings is 2. The van der Waals surface area contributed by atoms with Crippen molar-refractivity contribution in [1.29, 1.82) is 0 Å². The van der Waals surface area contributed by atoms with E-state index in [1.54, 1.807) is 31.2 Å². The van der Waals surface area contributed by atoms with Gasteiger partial charge in [-0.2, -0.15) is 0 Å². The topological polar surface area (TPSA) is 89.7 Å². The van der Waals surface area contributed by atoms with Crippen LogP contribution in [-0.2, 0) is 0 Å². The van der Waals surface area contributed by atoms with E-state index in [4.69, 9.17) is 9.15 Å². The molecule has 0 spiro atoms. The summed E-state index contributed by atoms with van der Waals surface area (Å²) in [5.74, 6) is 0.116. The van der Waals surface area contributed by atoms with Crippen LogP contribution >= 0.6 is 11.3 Å². The summed E-state index contributed by atoms with van der Waals surface area (Å²) in [6.07, 6.45) is 0.885. The predicted octanol–water partition coefficient (Wildman–Crippen LogP) is 5.30. The van der Waals surface area contributed by atoms with E-state index in [2.05, 4.69) is 4.98 Å². The van der Waals surface area contributed by atoms with E-state index in [-0.39, 0.29) is 22.5 Å². The number of aryl methyl sites for hydroxylation is 1. The number of para-hydroxylation sites is 1. The summed E-state index contributed by atoms with van der Waals surface area (Å²) >= 11 is 1.14. The number of nitrogens with zero attached hydrogens (tertiary/aromatic N) is 2. The second-order valence-corrected chi connectivity index (χ2v) is 9.11. The monoisotopic (exact) mass is 474 g/mol. The molecule has 1 aliphatic heterocycles. The first-order valence-electron chi connectivity index (χ1n) is 11.0. The highest BCUT2D eigenvalue weighted by atomic mass is 32.1. The smallest absolute Gasteiger partial charge is 0.297 e. The number of ketones is 1. The molecule has 2 aromatic carbocycles. The van der Waals surface area contributed by atoms with Gasteiger partial charge in [0.25, 0.3) is 5.91 Å². The van der Waals surface area contributed by atoms with Crippen LogP contribution in [0.5, 0.6) is 5.75 Å². The molecule has 7 nitrogen and oxygen atoms in total. The second kappa shape index (κ2) is 8.53. The fourth-order valence-corrected chi connectivity index (χ4v) is 5.20. The van der Waals surface area contributed by atoms with E-state index < -0.39 is 11.9 Å². The molecule has 1 unspecified atom stereocenters. The number of rotatable bonds is 6. The zero-order chi connectivity index (χ0) is 24.0. The standard InChI is InChI=1S/C26H22N2O5S/c1-4-13-32-17-11-9-16(10-12-17)21-20-22(30)18-7-5-6-8-19(18)33-23(20)25(31)28(21)26-27-14(2)24(34-26)15(3)29/h5-12,21H,4,13H2,1-3H3. The third-order valence-electron chi connectivity index (χ3n) is 5.76. The lowest BCUT2D eigenvalue weighted by Gasteiger charge is -2.22. The van der Waals surface area contributed by atoms with Crippen molar-refractivity contribution in [3.8, 4) is 5.75 Å². The molecule has 1 amide bonds. The Bertz CT molecular complexity index is 1490. The number of ether oxygens (including phenoxy) is 1.